The third kappa shape index (κ3) is 4.88. The number of nitrogens with zero attached hydrogens (tertiary/aromatic N) is 2. The third-order valence-electron chi connectivity index (χ3n) is 5.13. The van der Waals surface area contributed by atoms with Gasteiger partial charge in [-0.05, 0) is 49.4 Å². The van der Waals surface area contributed by atoms with Gasteiger partial charge in [-0.25, -0.2) is 4.98 Å². The zero-order chi connectivity index (χ0) is 24.2. The second-order valence-corrected chi connectivity index (χ2v) is 9.09. The van der Waals surface area contributed by atoms with Gasteiger partial charge in [-0.15, -0.1) is 0 Å². The van der Waals surface area contributed by atoms with E-state index in [-0.39, 0.29) is 11.5 Å². The largest absolute Gasteiger partial charge is 0.497 e. The molecule has 0 bridgehead atoms. The number of fused-ring (bicyclic) bond motifs is 1. The highest BCUT2D eigenvalue weighted by atomic mass is 35.5. The number of nitrogens with one attached hydrogen (secondary N) is 1. The normalized spacial score (nSPS) is 11.8. The van der Waals surface area contributed by atoms with Gasteiger partial charge in [-0.1, -0.05) is 41.6 Å². The second-order valence-electron chi connectivity index (χ2n) is 7.35. The van der Waals surface area contributed by atoms with E-state index in [1.807, 2.05) is 6.07 Å². The van der Waals surface area contributed by atoms with E-state index in [4.69, 9.17) is 26.1 Å². The van der Waals surface area contributed by atoms with E-state index < -0.39 is 5.25 Å². The molecule has 0 aliphatic carbocycles. The molecule has 4 rings (SSSR count). The van der Waals surface area contributed by atoms with Crippen molar-refractivity contribution in [1.29, 1.82) is 0 Å². The van der Waals surface area contributed by atoms with Crippen LogP contribution in [0.1, 0.15) is 6.92 Å². The minimum Gasteiger partial charge on any atom is -0.497 e. The molecule has 1 unspecified atom stereocenters. The van der Waals surface area contributed by atoms with E-state index in [9.17, 15) is 9.59 Å². The highest BCUT2D eigenvalue weighted by Crippen LogP contribution is 2.30. The van der Waals surface area contributed by atoms with Crippen LogP contribution in [-0.2, 0) is 4.79 Å². The maximum atomic E-state index is 13.4. The van der Waals surface area contributed by atoms with Crippen molar-refractivity contribution in [3.05, 3.63) is 82.1 Å². The van der Waals surface area contributed by atoms with E-state index in [0.29, 0.717) is 44.0 Å². The van der Waals surface area contributed by atoms with Gasteiger partial charge in [-0.2, -0.15) is 0 Å². The van der Waals surface area contributed by atoms with Gasteiger partial charge in [0.15, 0.2) is 5.16 Å². The Kier molecular flexibility index (Phi) is 7.09. The van der Waals surface area contributed by atoms with Crippen molar-refractivity contribution in [2.45, 2.75) is 17.3 Å². The van der Waals surface area contributed by atoms with Crippen LogP contribution in [0.25, 0.3) is 16.6 Å². The number of benzene rings is 3. The van der Waals surface area contributed by atoms with Crippen LogP contribution >= 0.6 is 23.4 Å². The van der Waals surface area contributed by atoms with Crippen LogP contribution in [0.5, 0.6) is 11.5 Å². The van der Waals surface area contributed by atoms with Crippen LogP contribution in [0.4, 0.5) is 5.69 Å². The molecule has 9 heteroatoms. The number of ether oxygens (including phenoxy) is 2. The number of amides is 1. The molecule has 0 saturated heterocycles. The Labute approximate surface area is 205 Å². The smallest absolute Gasteiger partial charge is 0.266 e. The van der Waals surface area contributed by atoms with E-state index in [1.54, 1.807) is 74.7 Å². The molecule has 174 valence electrons. The number of aromatic nitrogens is 2. The van der Waals surface area contributed by atoms with Crippen LogP contribution in [0, 0.1) is 0 Å². The Hall–Kier alpha value is -3.49. The lowest BCUT2D eigenvalue weighted by Gasteiger charge is -2.17. The van der Waals surface area contributed by atoms with E-state index in [0.717, 1.165) is 0 Å². The zero-order valence-electron chi connectivity index (χ0n) is 18.7. The summed E-state index contributed by atoms with van der Waals surface area (Å²) in [4.78, 5) is 31.2. The van der Waals surface area contributed by atoms with Crippen molar-refractivity contribution < 1.29 is 14.3 Å². The molecular formula is C25H22ClN3O4S. The summed E-state index contributed by atoms with van der Waals surface area (Å²) in [6, 6.07) is 19.3. The number of hydrogen-bond acceptors (Lipinski definition) is 6. The van der Waals surface area contributed by atoms with Gasteiger partial charge in [0.2, 0.25) is 5.91 Å². The maximum Gasteiger partial charge on any atom is 0.266 e. The molecule has 4 aromatic rings. The number of halogens is 1. The first-order chi connectivity index (χ1) is 16.4. The molecular weight excluding hydrogens is 474 g/mol. The van der Waals surface area contributed by atoms with Gasteiger partial charge < -0.3 is 14.8 Å². The highest BCUT2D eigenvalue weighted by molar-refractivity contribution is 8.00. The first-order valence-electron chi connectivity index (χ1n) is 10.4. The van der Waals surface area contributed by atoms with Gasteiger partial charge in [0, 0.05) is 11.1 Å². The lowest BCUT2D eigenvalue weighted by Crippen LogP contribution is -2.26. The van der Waals surface area contributed by atoms with E-state index >= 15 is 0 Å². The number of thioether (sulfide) groups is 1. The van der Waals surface area contributed by atoms with Crippen LogP contribution in [0.2, 0.25) is 5.02 Å². The Morgan fingerprint density at radius 3 is 2.62 bits per heavy atom. The molecule has 0 aliphatic rings. The quantitative estimate of drug-likeness (QED) is 0.281. The summed E-state index contributed by atoms with van der Waals surface area (Å²) in [5.74, 6) is 0.810. The van der Waals surface area contributed by atoms with Crippen molar-refractivity contribution in [1.82, 2.24) is 9.55 Å². The molecule has 1 N–H and O–H groups in total. The number of methoxy groups -OCH3 is 2. The molecule has 1 atom stereocenters. The molecule has 0 radical (unpaired) electrons. The van der Waals surface area contributed by atoms with Crippen LogP contribution in [0.15, 0.2) is 76.7 Å². The molecule has 1 aromatic heterocycles. The fourth-order valence-corrected chi connectivity index (χ4v) is 4.49. The van der Waals surface area contributed by atoms with Crippen molar-refractivity contribution >= 4 is 45.9 Å². The molecule has 1 heterocycles. The number of hydrogen-bond donors (Lipinski definition) is 1. The minimum atomic E-state index is -0.589. The predicted octanol–water partition coefficient (Wildman–Crippen LogP) is 5.18. The van der Waals surface area contributed by atoms with E-state index in [1.165, 1.54) is 23.4 Å². The highest BCUT2D eigenvalue weighted by Gasteiger charge is 2.21. The van der Waals surface area contributed by atoms with Crippen LogP contribution in [-0.4, -0.2) is 34.9 Å². The average molecular weight is 496 g/mol. The number of carbonyl (C=O) groups is 1. The molecule has 0 aliphatic heterocycles. The first kappa shape index (κ1) is 23.7. The van der Waals surface area contributed by atoms with Crippen molar-refractivity contribution in [2.75, 3.05) is 19.5 Å². The third-order valence-corrected chi connectivity index (χ3v) is 6.41. The number of rotatable bonds is 7. The molecule has 34 heavy (non-hydrogen) atoms. The number of anilines is 1. The summed E-state index contributed by atoms with van der Waals surface area (Å²) in [6.07, 6.45) is 0. The van der Waals surface area contributed by atoms with Gasteiger partial charge >= 0.3 is 0 Å². The summed E-state index contributed by atoms with van der Waals surface area (Å²) >= 11 is 7.26. The first-order valence-corrected chi connectivity index (χ1v) is 11.6. The van der Waals surface area contributed by atoms with Gasteiger partial charge in [0.05, 0.1) is 41.7 Å². The zero-order valence-corrected chi connectivity index (χ0v) is 20.3. The molecule has 7 nitrogen and oxygen atoms in total. The van der Waals surface area contributed by atoms with E-state index in [2.05, 4.69) is 5.32 Å². The molecule has 0 spiro atoms. The summed E-state index contributed by atoms with van der Waals surface area (Å²) in [7, 11) is 3.08. The van der Waals surface area contributed by atoms with Crippen molar-refractivity contribution in [2.24, 2.45) is 0 Å². The number of para-hydroxylation sites is 1. The van der Waals surface area contributed by atoms with Gasteiger partial charge in [0.25, 0.3) is 5.56 Å². The summed E-state index contributed by atoms with van der Waals surface area (Å²) in [5, 5.41) is 3.60. The SMILES string of the molecule is COc1cccc(-n2c(SC(C)C(=O)Nc3cc(Cl)ccc3OC)nc3ccccc3c2=O)c1. The van der Waals surface area contributed by atoms with Gasteiger partial charge in [-0.3, -0.25) is 14.2 Å². The monoisotopic (exact) mass is 495 g/mol. The molecule has 0 saturated carbocycles. The van der Waals surface area contributed by atoms with Crippen molar-refractivity contribution in [3.8, 4) is 17.2 Å². The summed E-state index contributed by atoms with van der Waals surface area (Å²) in [6.45, 7) is 1.74. The summed E-state index contributed by atoms with van der Waals surface area (Å²) < 4.78 is 12.1. The topological polar surface area (TPSA) is 82.4 Å². The second kappa shape index (κ2) is 10.2. The molecule has 1 amide bonds. The average Bonchev–Trinajstić information content (AvgIpc) is 2.84. The van der Waals surface area contributed by atoms with Gasteiger partial charge in [0.1, 0.15) is 11.5 Å². The van der Waals surface area contributed by atoms with Crippen LogP contribution < -0.4 is 20.3 Å². The maximum absolute atomic E-state index is 13.4. The lowest BCUT2D eigenvalue weighted by atomic mass is 10.2. The minimum absolute atomic E-state index is 0.231. The predicted molar refractivity (Wildman–Crippen MR) is 136 cm³/mol. The number of carbonyl (C=O) groups excluding carboxylic acids is 1. The summed E-state index contributed by atoms with van der Waals surface area (Å²) in [5.41, 5.74) is 1.38. The Morgan fingerprint density at radius 1 is 1.06 bits per heavy atom. The standard InChI is InChI=1S/C25H22ClN3O4S/c1-15(23(30)27-21-13-16(26)11-12-22(21)33-3)34-25-28-20-10-5-4-9-19(20)24(31)29(25)17-7-6-8-18(14-17)32-2/h4-15H,1-3H3,(H,27,30). The Morgan fingerprint density at radius 2 is 1.85 bits per heavy atom. The molecule has 3 aromatic carbocycles. The fraction of sp³-hybridized carbons (Fsp3) is 0.160. The van der Waals surface area contributed by atoms with Crippen LogP contribution in [0.3, 0.4) is 0 Å². The Bertz CT molecular complexity index is 1420. The Balaban J connectivity index is 1.73. The lowest BCUT2D eigenvalue weighted by molar-refractivity contribution is -0.115. The molecule has 0 fully saturated rings. The fourth-order valence-electron chi connectivity index (χ4n) is 3.39. The van der Waals surface area contributed by atoms with Crippen molar-refractivity contribution in [3.63, 3.8) is 0 Å².